The summed E-state index contributed by atoms with van der Waals surface area (Å²) in [6.07, 6.45) is 7.67. The Balaban J connectivity index is 2.30. The van der Waals surface area contributed by atoms with E-state index in [9.17, 15) is 9.59 Å². The van der Waals surface area contributed by atoms with Crippen LogP contribution in [0.15, 0.2) is 12.2 Å². The second-order valence-corrected chi connectivity index (χ2v) is 3.50. The van der Waals surface area contributed by atoms with Crippen molar-refractivity contribution in [2.75, 3.05) is 0 Å². The largest absolute Gasteiger partial charge is 0.299 e. The van der Waals surface area contributed by atoms with Gasteiger partial charge < -0.3 is 0 Å². The van der Waals surface area contributed by atoms with Crippen LogP contribution in [0.2, 0.25) is 0 Å². The highest BCUT2D eigenvalue weighted by atomic mass is 16.1. The van der Waals surface area contributed by atoms with E-state index in [-0.39, 0.29) is 11.6 Å². The molecule has 72 valence electrons. The minimum Gasteiger partial charge on any atom is -0.299 e. The quantitative estimate of drug-likeness (QED) is 0.369. The van der Waals surface area contributed by atoms with Crippen LogP contribution in [0.25, 0.3) is 0 Å². The van der Waals surface area contributed by atoms with Crippen LogP contribution in [0.1, 0.15) is 39.0 Å². The fourth-order valence-electron chi connectivity index (χ4n) is 1.55. The van der Waals surface area contributed by atoms with E-state index >= 15 is 0 Å². The molecule has 1 rings (SSSR count). The Morgan fingerprint density at radius 3 is 2.85 bits per heavy atom. The second-order valence-electron chi connectivity index (χ2n) is 3.50. The molecule has 1 unspecified atom stereocenters. The molecule has 0 radical (unpaired) electrons. The van der Waals surface area contributed by atoms with Gasteiger partial charge in [-0.2, -0.15) is 0 Å². The van der Waals surface area contributed by atoms with Crippen LogP contribution in [-0.4, -0.2) is 11.6 Å². The molecule has 2 heteroatoms. The molecule has 0 N–H and O–H groups in total. The lowest BCUT2D eigenvalue weighted by molar-refractivity contribution is -0.129. The van der Waals surface area contributed by atoms with E-state index in [2.05, 4.69) is 6.92 Å². The molecule has 0 saturated carbocycles. The first kappa shape index (κ1) is 10.2. The molecule has 0 spiro atoms. The summed E-state index contributed by atoms with van der Waals surface area (Å²) in [5.74, 6) is -0.231. The van der Waals surface area contributed by atoms with Gasteiger partial charge in [0.15, 0.2) is 5.78 Å². The summed E-state index contributed by atoms with van der Waals surface area (Å²) in [7, 11) is 0. The van der Waals surface area contributed by atoms with Crippen LogP contribution in [0, 0.1) is 5.92 Å². The molecule has 1 aliphatic carbocycles. The molecular weight excluding hydrogens is 164 g/mol. The van der Waals surface area contributed by atoms with E-state index in [0.29, 0.717) is 12.8 Å². The molecule has 0 saturated heterocycles. The van der Waals surface area contributed by atoms with E-state index in [1.165, 1.54) is 0 Å². The van der Waals surface area contributed by atoms with E-state index in [1.54, 1.807) is 12.2 Å². The van der Waals surface area contributed by atoms with Gasteiger partial charge in [0.1, 0.15) is 5.78 Å². The molecule has 2 nitrogen and oxygen atoms in total. The lowest BCUT2D eigenvalue weighted by atomic mass is 9.98. The number of carbonyl (C=O) groups is 2. The van der Waals surface area contributed by atoms with E-state index < -0.39 is 5.92 Å². The minimum atomic E-state index is -0.406. The van der Waals surface area contributed by atoms with Crippen molar-refractivity contribution in [3.8, 4) is 0 Å². The van der Waals surface area contributed by atoms with Gasteiger partial charge in [-0.15, -0.1) is 0 Å². The molecule has 0 aromatic rings. The molecule has 13 heavy (non-hydrogen) atoms. The number of unbranched alkanes of at least 4 members (excludes halogenated alkanes) is 2. The normalized spacial score (nSPS) is 21.0. The fourth-order valence-corrected chi connectivity index (χ4v) is 1.55. The van der Waals surface area contributed by atoms with E-state index in [0.717, 1.165) is 19.3 Å². The van der Waals surface area contributed by atoms with Crippen molar-refractivity contribution in [2.45, 2.75) is 39.0 Å². The predicted molar refractivity (Wildman–Crippen MR) is 51.4 cm³/mol. The zero-order valence-corrected chi connectivity index (χ0v) is 8.08. The van der Waals surface area contributed by atoms with Crippen molar-refractivity contribution in [3.63, 3.8) is 0 Å². The zero-order chi connectivity index (χ0) is 9.68. The van der Waals surface area contributed by atoms with Gasteiger partial charge in [0.05, 0.1) is 5.92 Å². The number of rotatable bonds is 5. The summed E-state index contributed by atoms with van der Waals surface area (Å²) in [5, 5.41) is 0. The van der Waals surface area contributed by atoms with Crippen LogP contribution in [0.4, 0.5) is 0 Å². The highest BCUT2D eigenvalue weighted by Crippen LogP contribution is 2.17. The Bertz CT molecular complexity index is 228. The van der Waals surface area contributed by atoms with Crippen LogP contribution >= 0.6 is 0 Å². The molecule has 0 fully saturated rings. The molecule has 0 aromatic carbocycles. The van der Waals surface area contributed by atoms with Gasteiger partial charge in [-0.05, 0) is 6.42 Å². The van der Waals surface area contributed by atoms with Gasteiger partial charge in [-0.3, -0.25) is 9.59 Å². The topological polar surface area (TPSA) is 34.1 Å². The zero-order valence-electron chi connectivity index (χ0n) is 8.08. The fraction of sp³-hybridized carbons (Fsp3) is 0.636. The molecule has 0 amide bonds. The average molecular weight is 180 g/mol. The number of hydrogen-bond acceptors (Lipinski definition) is 2. The van der Waals surface area contributed by atoms with Crippen molar-refractivity contribution in [1.29, 1.82) is 0 Å². The number of carbonyl (C=O) groups excluding carboxylic acids is 2. The van der Waals surface area contributed by atoms with Gasteiger partial charge in [-0.1, -0.05) is 31.9 Å². The SMILES string of the molecule is CCCCCC(=O)C1C=CCC1=O. The smallest absolute Gasteiger partial charge is 0.150 e. The van der Waals surface area contributed by atoms with E-state index in [1.807, 2.05) is 0 Å². The number of ketones is 2. The Morgan fingerprint density at radius 2 is 2.31 bits per heavy atom. The third-order valence-electron chi connectivity index (χ3n) is 2.37. The molecule has 0 aliphatic heterocycles. The number of Topliss-reactive ketones (excluding diaryl/α,β-unsaturated/α-hetero) is 2. The lowest BCUT2D eigenvalue weighted by Gasteiger charge is -2.04. The van der Waals surface area contributed by atoms with Crippen molar-refractivity contribution in [3.05, 3.63) is 12.2 Å². The minimum absolute atomic E-state index is 0.0708. The summed E-state index contributed by atoms with van der Waals surface area (Å²) in [5.41, 5.74) is 0. The third kappa shape index (κ3) is 2.79. The Morgan fingerprint density at radius 1 is 1.54 bits per heavy atom. The lowest BCUT2D eigenvalue weighted by Crippen LogP contribution is -2.17. The maximum Gasteiger partial charge on any atom is 0.150 e. The summed E-state index contributed by atoms with van der Waals surface area (Å²) in [6.45, 7) is 2.10. The van der Waals surface area contributed by atoms with Crippen LogP contribution in [0.3, 0.4) is 0 Å². The molecular formula is C11H16O2. The Kier molecular flexibility index (Phi) is 3.87. The predicted octanol–water partition coefficient (Wildman–Crippen LogP) is 2.28. The molecule has 0 aromatic heterocycles. The first-order chi connectivity index (χ1) is 6.25. The molecule has 0 heterocycles. The first-order valence-corrected chi connectivity index (χ1v) is 4.97. The molecule has 1 aliphatic rings. The first-order valence-electron chi connectivity index (χ1n) is 4.97. The van der Waals surface area contributed by atoms with Crippen molar-refractivity contribution < 1.29 is 9.59 Å². The Hall–Kier alpha value is -0.920. The monoisotopic (exact) mass is 180 g/mol. The van der Waals surface area contributed by atoms with Gasteiger partial charge in [0, 0.05) is 12.8 Å². The van der Waals surface area contributed by atoms with Crippen molar-refractivity contribution in [2.24, 2.45) is 5.92 Å². The highest BCUT2D eigenvalue weighted by Gasteiger charge is 2.25. The number of hydrogen-bond donors (Lipinski definition) is 0. The van der Waals surface area contributed by atoms with Crippen molar-refractivity contribution in [1.82, 2.24) is 0 Å². The van der Waals surface area contributed by atoms with Gasteiger partial charge in [-0.25, -0.2) is 0 Å². The summed E-state index contributed by atoms with van der Waals surface area (Å²) in [4.78, 5) is 22.6. The summed E-state index contributed by atoms with van der Waals surface area (Å²) >= 11 is 0. The van der Waals surface area contributed by atoms with Gasteiger partial charge in [0.2, 0.25) is 0 Å². The maximum atomic E-state index is 11.5. The average Bonchev–Trinajstić information content (AvgIpc) is 2.52. The summed E-state index contributed by atoms with van der Waals surface area (Å²) in [6, 6.07) is 0. The van der Waals surface area contributed by atoms with Gasteiger partial charge >= 0.3 is 0 Å². The Labute approximate surface area is 79.0 Å². The number of allylic oxidation sites excluding steroid dienone is 2. The highest BCUT2D eigenvalue weighted by molar-refractivity contribution is 6.06. The maximum absolute atomic E-state index is 11.5. The molecule has 0 bridgehead atoms. The standard InChI is InChI=1S/C11H16O2/c1-2-3-4-7-10(12)9-6-5-8-11(9)13/h5-6,9H,2-4,7-8H2,1H3. The second kappa shape index (κ2) is 4.95. The summed E-state index contributed by atoms with van der Waals surface area (Å²) < 4.78 is 0. The van der Waals surface area contributed by atoms with Gasteiger partial charge in [0.25, 0.3) is 0 Å². The van der Waals surface area contributed by atoms with Crippen LogP contribution < -0.4 is 0 Å². The van der Waals surface area contributed by atoms with Crippen LogP contribution in [-0.2, 0) is 9.59 Å². The van der Waals surface area contributed by atoms with Crippen molar-refractivity contribution >= 4 is 11.6 Å². The third-order valence-corrected chi connectivity index (χ3v) is 2.37. The molecule has 1 atom stereocenters. The van der Waals surface area contributed by atoms with E-state index in [4.69, 9.17) is 0 Å². The van der Waals surface area contributed by atoms with Crippen LogP contribution in [0.5, 0.6) is 0 Å².